The van der Waals surface area contributed by atoms with Crippen LogP contribution in [0.25, 0.3) is 0 Å². The molecule has 8 atom stereocenters. The van der Waals surface area contributed by atoms with Gasteiger partial charge in [0.25, 0.3) is 5.91 Å². The number of carbonyl (C=O) groups excluding carboxylic acids is 4. The number of aliphatic hydroxyl groups excluding tert-OH is 1. The lowest BCUT2D eigenvalue weighted by molar-refractivity contribution is -0.163. The monoisotopic (exact) mass is 707 g/mol. The number of para-hydroxylation sites is 1. The number of allylic oxidation sites excluding steroid dienone is 1. The van der Waals surface area contributed by atoms with E-state index >= 15 is 0 Å². The van der Waals surface area contributed by atoms with Crippen LogP contribution in [-0.4, -0.2) is 90.4 Å². The van der Waals surface area contributed by atoms with Crippen molar-refractivity contribution in [3.05, 3.63) is 90.5 Å². The van der Waals surface area contributed by atoms with Gasteiger partial charge in [0.05, 0.1) is 53.9 Å². The SMILES string of the molecule is C=CCCC(=O)N[C@H](COC)[C@H](OC(=O)[C@@H]1[C@@H]2CC[C@]3(O2)[C@H](C(=O)N(CC=C)c2ccccc2Cl)N([C@@H](CC)CO)C(=O)[C@@H]13)c1ccccc1. The van der Waals surface area contributed by atoms with Gasteiger partial charge in [-0.3, -0.25) is 19.2 Å². The van der Waals surface area contributed by atoms with Crippen molar-refractivity contribution in [3.63, 3.8) is 0 Å². The van der Waals surface area contributed by atoms with Crippen molar-refractivity contribution in [1.29, 1.82) is 0 Å². The van der Waals surface area contributed by atoms with Crippen LogP contribution in [-0.2, 0) is 33.4 Å². The highest BCUT2D eigenvalue weighted by Gasteiger charge is 2.75. The lowest BCUT2D eigenvalue weighted by Crippen LogP contribution is -2.59. The second kappa shape index (κ2) is 16.3. The van der Waals surface area contributed by atoms with Crippen molar-refractivity contribution in [1.82, 2.24) is 10.2 Å². The van der Waals surface area contributed by atoms with E-state index in [2.05, 4.69) is 18.5 Å². The highest BCUT2D eigenvalue weighted by atomic mass is 35.5. The normalized spacial score (nSPS) is 25.4. The molecule has 3 aliphatic heterocycles. The molecule has 3 aliphatic rings. The number of benzene rings is 2. The summed E-state index contributed by atoms with van der Waals surface area (Å²) >= 11 is 6.56. The zero-order chi connectivity index (χ0) is 36.0. The molecule has 0 aromatic heterocycles. The molecule has 50 heavy (non-hydrogen) atoms. The maximum atomic E-state index is 14.8. The van der Waals surface area contributed by atoms with Crippen LogP contribution >= 0.6 is 11.6 Å². The minimum atomic E-state index is -1.35. The lowest BCUT2D eigenvalue weighted by Gasteiger charge is -2.39. The number of methoxy groups -OCH3 is 1. The Kier molecular flexibility index (Phi) is 12.2. The van der Waals surface area contributed by atoms with Crippen LogP contribution in [0, 0.1) is 11.8 Å². The molecule has 3 fully saturated rings. The van der Waals surface area contributed by atoms with Crippen LogP contribution < -0.4 is 10.2 Å². The molecule has 268 valence electrons. The first-order valence-corrected chi connectivity index (χ1v) is 17.5. The minimum absolute atomic E-state index is 0.0454. The lowest BCUT2D eigenvalue weighted by atomic mass is 9.70. The van der Waals surface area contributed by atoms with Gasteiger partial charge in [0.2, 0.25) is 11.8 Å². The fraction of sp³-hybridized carbons (Fsp3) is 0.474. The van der Waals surface area contributed by atoms with Crippen LogP contribution in [0.5, 0.6) is 0 Å². The maximum Gasteiger partial charge on any atom is 0.313 e. The Morgan fingerprint density at radius 2 is 1.88 bits per heavy atom. The van der Waals surface area contributed by atoms with Gasteiger partial charge in [-0.2, -0.15) is 0 Å². The molecule has 5 rings (SSSR count). The summed E-state index contributed by atoms with van der Waals surface area (Å²) in [5.41, 5.74) is -0.278. The molecule has 1 spiro atoms. The number of ether oxygens (including phenoxy) is 3. The van der Waals surface area contributed by atoms with E-state index in [1.165, 1.54) is 16.9 Å². The number of amides is 3. The third-order valence-electron chi connectivity index (χ3n) is 10.0. The highest BCUT2D eigenvalue weighted by Crippen LogP contribution is 2.59. The van der Waals surface area contributed by atoms with Gasteiger partial charge in [-0.05, 0) is 43.4 Å². The van der Waals surface area contributed by atoms with Gasteiger partial charge in [0.1, 0.15) is 17.7 Å². The van der Waals surface area contributed by atoms with Crippen LogP contribution in [0.15, 0.2) is 79.9 Å². The van der Waals surface area contributed by atoms with E-state index in [-0.39, 0.29) is 32.1 Å². The molecule has 2 aromatic rings. The number of aliphatic hydroxyl groups is 1. The smallest absolute Gasteiger partial charge is 0.313 e. The predicted molar refractivity (Wildman–Crippen MR) is 188 cm³/mol. The van der Waals surface area contributed by atoms with Gasteiger partial charge in [0, 0.05) is 20.1 Å². The quantitative estimate of drug-likeness (QED) is 0.183. The average molecular weight is 708 g/mol. The van der Waals surface area contributed by atoms with Gasteiger partial charge >= 0.3 is 5.97 Å². The van der Waals surface area contributed by atoms with Crippen molar-refractivity contribution >= 4 is 41.0 Å². The third kappa shape index (κ3) is 6.96. The van der Waals surface area contributed by atoms with Crippen LogP contribution in [0.4, 0.5) is 5.69 Å². The van der Waals surface area contributed by atoms with Crippen LogP contribution in [0.3, 0.4) is 0 Å². The number of nitrogens with one attached hydrogen (secondary N) is 1. The Labute approximate surface area is 298 Å². The van der Waals surface area contributed by atoms with Crippen molar-refractivity contribution in [3.8, 4) is 0 Å². The van der Waals surface area contributed by atoms with E-state index in [0.29, 0.717) is 42.0 Å². The van der Waals surface area contributed by atoms with E-state index in [0.717, 1.165) is 0 Å². The molecule has 0 radical (unpaired) electrons. The first-order valence-electron chi connectivity index (χ1n) is 17.1. The Morgan fingerprint density at radius 1 is 1.16 bits per heavy atom. The molecule has 2 bridgehead atoms. The molecular formula is C38H46ClN3O8. The van der Waals surface area contributed by atoms with E-state index in [4.69, 9.17) is 25.8 Å². The van der Waals surface area contributed by atoms with Gasteiger partial charge in [0.15, 0.2) is 0 Å². The summed E-state index contributed by atoms with van der Waals surface area (Å²) in [6.07, 6.45) is 3.38. The highest BCUT2D eigenvalue weighted by molar-refractivity contribution is 6.34. The Balaban J connectivity index is 1.52. The molecule has 3 saturated heterocycles. The molecule has 0 saturated carbocycles. The van der Waals surface area contributed by atoms with Gasteiger partial charge in [-0.25, -0.2) is 0 Å². The number of fused-ring (bicyclic) bond motifs is 1. The van der Waals surface area contributed by atoms with Crippen LogP contribution in [0.1, 0.15) is 50.7 Å². The summed E-state index contributed by atoms with van der Waals surface area (Å²) in [7, 11) is 1.49. The number of anilines is 1. The van der Waals surface area contributed by atoms with Crippen molar-refractivity contribution in [2.24, 2.45) is 11.8 Å². The molecular weight excluding hydrogens is 662 g/mol. The number of carbonyl (C=O) groups is 4. The minimum Gasteiger partial charge on any atom is -0.455 e. The topological polar surface area (TPSA) is 135 Å². The van der Waals surface area contributed by atoms with Gasteiger partial charge in [-0.15, -0.1) is 13.2 Å². The summed E-state index contributed by atoms with van der Waals surface area (Å²) in [6, 6.07) is 13.3. The first kappa shape index (κ1) is 37.2. The number of halogens is 1. The molecule has 0 unspecified atom stereocenters. The van der Waals surface area contributed by atoms with E-state index < -0.39 is 65.6 Å². The third-order valence-corrected chi connectivity index (χ3v) is 10.4. The standard InChI is InChI=1S/C38H46ClN3O8/c1-5-8-18-30(44)40-27(23-48-4)33(24-14-10-9-11-15-24)49-37(47)31-29-19-20-38(50-29)32(31)35(45)42(25(7-3)22-43)34(38)36(46)41(21-6-2)28-17-13-12-16-26(28)39/h5-6,9-17,25,27,29,31-34,43H,1-2,7-8,18-23H2,3-4H3,(H,40,44)/t25-,27+,29-,31+,32+,33+,34-,38+/m0/s1. The molecule has 11 nitrogen and oxygen atoms in total. The van der Waals surface area contributed by atoms with Crippen molar-refractivity contribution in [2.45, 2.75) is 75.0 Å². The molecule has 3 amide bonds. The number of nitrogens with zero attached hydrogens (tertiary/aromatic N) is 2. The summed E-state index contributed by atoms with van der Waals surface area (Å²) < 4.78 is 18.4. The number of rotatable bonds is 17. The molecule has 2 N–H and O–H groups in total. The summed E-state index contributed by atoms with van der Waals surface area (Å²) in [6.45, 7) is 9.10. The zero-order valence-electron chi connectivity index (χ0n) is 28.5. The van der Waals surface area contributed by atoms with E-state index in [1.54, 1.807) is 60.7 Å². The zero-order valence-corrected chi connectivity index (χ0v) is 29.3. The summed E-state index contributed by atoms with van der Waals surface area (Å²) in [5, 5.41) is 13.7. The second-order valence-electron chi connectivity index (χ2n) is 13.0. The summed E-state index contributed by atoms with van der Waals surface area (Å²) in [5.74, 6) is -3.91. The maximum absolute atomic E-state index is 14.8. The largest absolute Gasteiger partial charge is 0.455 e. The van der Waals surface area contributed by atoms with Crippen molar-refractivity contribution in [2.75, 3.05) is 31.8 Å². The number of likely N-dealkylation sites (tertiary alicyclic amines) is 1. The molecule has 0 aliphatic carbocycles. The van der Waals surface area contributed by atoms with Crippen molar-refractivity contribution < 1.29 is 38.5 Å². The number of hydrogen-bond donors (Lipinski definition) is 2. The number of esters is 1. The Bertz CT molecular complexity index is 1570. The Hall–Kier alpha value is -4.03. The fourth-order valence-electron chi connectivity index (χ4n) is 7.83. The summed E-state index contributed by atoms with van der Waals surface area (Å²) in [4.78, 5) is 59.6. The molecule has 3 heterocycles. The van der Waals surface area contributed by atoms with Gasteiger partial charge < -0.3 is 34.4 Å². The van der Waals surface area contributed by atoms with E-state index in [9.17, 15) is 24.3 Å². The first-order chi connectivity index (χ1) is 24.2. The Morgan fingerprint density at radius 3 is 2.52 bits per heavy atom. The predicted octanol–water partition coefficient (Wildman–Crippen LogP) is 4.39. The van der Waals surface area contributed by atoms with E-state index in [1.807, 2.05) is 13.0 Å². The number of hydrogen-bond acceptors (Lipinski definition) is 8. The van der Waals surface area contributed by atoms with Crippen LogP contribution in [0.2, 0.25) is 5.02 Å². The molecule has 2 aromatic carbocycles. The second-order valence-corrected chi connectivity index (χ2v) is 13.4. The average Bonchev–Trinajstić information content (AvgIpc) is 3.77. The fourth-order valence-corrected chi connectivity index (χ4v) is 8.06. The van der Waals surface area contributed by atoms with Gasteiger partial charge in [-0.1, -0.05) is 73.1 Å². The molecule has 12 heteroatoms.